The molecule has 2 fully saturated rings. The SMILES string of the molecule is CC(C)(C)C1CCC(C#N)(C2(O)CCC(=O)CC2)CC1. The smallest absolute Gasteiger partial charge is 0.133 e. The van der Waals surface area contributed by atoms with E-state index in [9.17, 15) is 15.2 Å². The summed E-state index contributed by atoms with van der Waals surface area (Å²) in [5.41, 5.74) is -1.30. The summed E-state index contributed by atoms with van der Waals surface area (Å²) < 4.78 is 0. The van der Waals surface area contributed by atoms with Gasteiger partial charge in [-0.15, -0.1) is 0 Å². The highest BCUT2D eigenvalue weighted by Crippen LogP contribution is 2.53. The Hall–Kier alpha value is -0.880. The van der Waals surface area contributed by atoms with E-state index in [4.69, 9.17) is 0 Å². The predicted octanol–water partition coefficient (Wildman–Crippen LogP) is 3.61. The van der Waals surface area contributed by atoms with E-state index < -0.39 is 11.0 Å². The van der Waals surface area contributed by atoms with Crippen LogP contribution >= 0.6 is 0 Å². The van der Waals surface area contributed by atoms with Crippen LogP contribution in [-0.2, 0) is 4.79 Å². The molecule has 1 N–H and O–H groups in total. The largest absolute Gasteiger partial charge is 0.388 e. The van der Waals surface area contributed by atoms with Crippen LogP contribution in [-0.4, -0.2) is 16.5 Å². The van der Waals surface area contributed by atoms with Crippen molar-refractivity contribution in [1.82, 2.24) is 0 Å². The predicted molar refractivity (Wildman–Crippen MR) is 77.9 cm³/mol. The van der Waals surface area contributed by atoms with E-state index >= 15 is 0 Å². The van der Waals surface area contributed by atoms with E-state index in [1.165, 1.54) is 0 Å². The summed E-state index contributed by atoms with van der Waals surface area (Å²) in [6.45, 7) is 6.76. The van der Waals surface area contributed by atoms with Crippen LogP contribution in [0.15, 0.2) is 0 Å². The van der Waals surface area contributed by atoms with Crippen molar-refractivity contribution < 1.29 is 9.90 Å². The molecule has 0 bridgehead atoms. The van der Waals surface area contributed by atoms with Gasteiger partial charge in [-0.3, -0.25) is 4.79 Å². The molecule has 0 spiro atoms. The van der Waals surface area contributed by atoms with Crippen molar-refractivity contribution in [2.24, 2.45) is 16.7 Å². The summed E-state index contributed by atoms with van der Waals surface area (Å²) in [5, 5.41) is 20.7. The Labute approximate surface area is 122 Å². The minimum atomic E-state index is -0.946. The monoisotopic (exact) mass is 277 g/mol. The van der Waals surface area contributed by atoms with Crippen LogP contribution in [0.1, 0.15) is 72.1 Å². The zero-order valence-corrected chi connectivity index (χ0v) is 13.0. The van der Waals surface area contributed by atoms with E-state index in [2.05, 4.69) is 26.8 Å². The molecular weight excluding hydrogens is 250 g/mol. The number of nitriles is 1. The summed E-state index contributed by atoms with van der Waals surface area (Å²) in [5.74, 6) is 0.851. The van der Waals surface area contributed by atoms with Crippen LogP contribution in [0.2, 0.25) is 0 Å². The molecule has 2 rings (SSSR count). The van der Waals surface area contributed by atoms with Gasteiger partial charge in [-0.05, 0) is 49.9 Å². The molecule has 2 saturated carbocycles. The summed E-state index contributed by atoms with van der Waals surface area (Å²) in [6, 6.07) is 2.45. The minimum absolute atomic E-state index is 0.228. The first-order chi connectivity index (χ1) is 9.22. The van der Waals surface area contributed by atoms with Crippen molar-refractivity contribution in [1.29, 1.82) is 5.26 Å². The van der Waals surface area contributed by atoms with E-state index in [1.54, 1.807) is 0 Å². The second kappa shape index (κ2) is 5.15. The number of aliphatic hydroxyl groups is 1. The van der Waals surface area contributed by atoms with Gasteiger partial charge in [0.05, 0.1) is 17.1 Å². The van der Waals surface area contributed by atoms with Crippen LogP contribution in [0.3, 0.4) is 0 Å². The highest BCUT2D eigenvalue weighted by Gasteiger charge is 2.53. The highest BCUT2D eigenvalue weighted by atomic mass is 16.3. The number of carbonyl (C=O) groups excluding carboxylic acids is 1. The lowest BCUT2D eigenvalue weighted by molar-refractivity contribution is -0.137. The lowest BCUT2D eigenvalue weighted by Gasteiger charge is -2.49. The molecule has 3 heteroatoms. The molecule has 0 amide bonds. The van der Waals surface area contributed by atoms with Crippen LogP contribution in [0, 0.1) is 28.1 Å². The molecule has 0 saturated heterocycles. The molecular formula is C17H27NO2. The summed E-state index contributed by atoms with van der Waals surface area (Å²) >= 11 is 0. The van der Waals surface area contributed by atoms with Gasteiger partial charge in [0.2, 0.25) is 0 Å². The molecule has 0 atom stereocenters. The van der Waals surface area contributed by atoms with Crippen LogP contribution < -0.4 is 0 Å². The third-order valence-corrected chi connectivity index (χ3v) is 5.80. The zero-order chi connectivity index (χ0) is 15.0. The average molecular weight is 277 g/mol. The summed E-state index contributed by atoms with van der Waals surface area (Å²) in [6.07, 6.45) is 5.37. The zero-order valence-electron chi connectivity index (χ0n) is 13.0. The maximum absolute atomic E-state index is 11.4. The number of Topliss-reactive ketones (excluding diaryl/α,β-unsaturated/α-hetero) is 1. The molecule has 2 aliphatic carbocycles. The van der Waals surface area contributed by atoms with Gasteiger partial charge >= 0.3 is 0 Å². The summed E-state index contributed by atoms with van der Waals surface area (Å²) in [7, 11) is 0. The van der Waals surface area contributed by atoms with Crippen molar-refractivity contribution in [2.45, 2.75) is 77.7 Å². The van der Waals surface area contributed by atoms with Gasteiger partial charge in [0.15, 0.2) is 0 Å². The first-order valence-corrected chi connectivity index (χ1v) is 7.88. The lowest BCUT2D eigenvalue weighted by atomic mass is 9.56. The van der Waals surface area contributed by atoms with Crippen LogP contribution in [0.25, 0.3) is 0 Å². The summed E-state index contributed by atoms with van der Waals surface area (Å²) in [4.78, 5) is 11.4. The number of nitrogens with zero attached hydrogens (tertiary/aromatic N) is 1. The van der Waals surface area contributed by atoms with Gasteiger partial charge in [0, 0.05) is 12.8 Å². The fourth-order valence-corrected chi connectivity index (χ4v) is 4.08. The van der Waals surface area contributed by atoms with E-state index in [0.29, 0.717) is 31.6 Å². The van der Waals surface area contributed by atoms with Gasteiger partial charge in [0.25, 0.3) is 0 Å². The van der Waals surface area contributed by atoms with Crippen LogP contribution in [0.5, 0.6) is 0 Å². The number of ketones is 1. The Morgan fingerprint density at radius 1 is 1.15 bits per heavy atom. The molecule has 3 nitrogen and oxygen atoms in total. The third kappa shape index (κ3) is 2.63. The van der Waals surface area contributed by atoms with E-state index in [-0.39, 0.29) is 11.2 Å². The Balaban J connectivity index is 2.13. The van der Waals surface area contributed by atoms with Crippen LogP contribution in [0.4, 0.5) is 0 Å². The van der Waals surface area contributed by atoms with Crippen molar-refractivity contribution in [3.05, 3.63) is 0 Å². The quantitative estimate of drug-likeness (QED) is 0.796. The molecule has 2 aliphatic rings. The second-order valence-corrected chi connectivity index (χ2v) is 7.90. The van der Waals surface area contributed by atoms with E-state index in [0.717, 1.165) is 25.7 Å². The first-order valence-electron chi connectivity index (χ1n) is 7.88. The first kappa shape index (κ1) is 15.5. The Morgan fingerprint density at radius 2 is 1.65 bits per heavy atom. The van der Waals surface area contributed by atoms with Gasteiger partial charge in [0.1, 0.15) is 5.78 Å². The Bertz CT molecular complexity index is 409. The Morgan fingerprint density at radius 3 is 2.05 bits per heavy atom. The van der Waals surface area contributed by atoms with Crippen molar-refractivity contribution in [3.8, 4) is 6.07 Å². The minimum Gasteiger partial charge on any atom is -0.388 e. The van der Waals surface area contributed by atoms with Gasteiger partial charge < -0.3 is 5.11 Å². The average Bonchev–Trinajstić information content (AvgIpc) is 2.41. The fourth-order valence-electron chi connectivity index (χ4n) is 4.08. The topological polar surface area (TPSA) is 61.1 Å². The fraction of sp³-hybridized carbons (Fsp3) is 0.882. The second-order valence-electron chi connectivity index (χ2n) is 7.90. The molecule has 0 aromatic heterocycles. The standard InChI is InChI=1S/C17H27NO2/c1-15(2,3)13-4-8-16(12-18,9-5-13)17(20)10-6-14(19)7-11-17/h13,20H,4-11H2,1-3H3. The number of carbonyl (C=O) groups is 1. The molecule has 112 valence electrons. The maximum Gasteiger partial charge on any atom is 0.133 e. The molecule has 0 aromatic carbocycles. The maximum atomic E-state index is 11.4. The van der Waals surface area contributed by atoms with Crippen molar-refractivity contribution >= 4 is 5.78 Å². The Kier molecular flexibility index (Phi) is 3.99. The van der Waals surface area contributed by atoms with Gasteiger partial charge in [-0.1, -0.05) is 20.8 Å². The molecule has 0 heterocycles. The number of hydrogen-bond donors (Lipinski definition) is 1. The normalized spacial score (nSPS) is 34.5. The number of hydrogen-bond acceptors (Lipinski definition) is 3. The lowest BCUT2D eigenvalue weighted by Crippen LogP contribution is -2.52. The molecule has 0 aromatic rings. The number of rotatable bonds is 1. The van der Waals surface area contributed by atoms with E-state index in [1.807, 2.05) is 0 Å². The van der Waals surface area contributed by atoms with Gasteiger partial charge in [-0.25, -0.2) is 0 Å². The van der Waals surface area contributed by atoms with Crippen molar-refractivity contribution in [3.63, 3.8) is 0 Å². The molecule has 0 radical (unpaired) electrons. The van der Waals surface area contributed by atoms with Gasteiger partial charge in [-0.2, -0.15) is 5.26 Å². The van der Waals surface area contributed by atoms with Crippen molar-refractivity contribution in [2.75, 3.05) is 0 Å². The molecule has 20 heavy (non-hydrogen) atoms. The molecule has 0 unspecified atom stereocenters. The third-order valence-electron chi connectivity index (χ3n) is 5.80. The molecule has 0 aliphatic heterocycles. The highest BCUT2D eigenvalue weighted by molar-refractivity contribution is 5.79.